The molecule has 1 aliphatic heterocycles. The maximum absolute atomic E-state index is 12.2. The Bertz CT molecular complexity index is 531. The predicted molar refractivity (Wildman–Crippen MR) is 67.0 cm³/mol. The number of nitrogens with zero attached hydrogens (tertiary/aromatic N) is 1. The number of anilines is 1. The van der Waals surface area contributed by atoms with E-state index in [0.29, 0.717) is 6.42 Å². The lowest BCUT2D eigenvalue weighted by molar-refractivity contribution is -0.117. The second-order valence-electron chi connectivity index (χ2n) is 4.30. The lowest BCUT2D eigenvalue weighted by Crippen LogP contribution is -2.30. The second-order valence-corrected chi connectivity index (χ2v) is 4.30. The van der Waals surface area contributed by atoms with Crippen LogP contribution in [0.5, 0.6) is 0 Å². The summed E-state index contributed by atoms with van der Waals surface area (Å²) >= 11 is 0. The van der Waals surface area contributed by atoms with Gasteiger partial charge in [0.15, 0.2) is 0 Å². The highest BCUT2D eigenvalue weighted by Crippen LogP contribution is 2.27. The van der Waals surface area contributed by atoms with Crippen molar-refractivity contribution in [1.29, 1.82) is 0 Å². The molecule has 0 unspecified atom stereocenters. The van der Waals surface area contributed by atoms with Gasteiger partial charge in [-0.25, -0.2) is 0 Å². The van der Waals surface area contributed by atoms with E-state index in [-0.39, 0.29) is 5.91 Å². The van der Waals surface area contributed by atoms with Crippen molar-refractivity contribution in [2.45, 2.75) is 12.8 Å². The highest BCUT2D eigenvalue weighted by atomic mass is 16.2. The second kappa shape index (κ2) is 4.09. The first kappa shape index (κ1) is 10.1. The fourth-order valence-electron chi connectivity index (χ4n) is 2.33. The zero-order chi connectivity index (χ0) is 11.7. The molecule has 0 fully saturated rings. The standard InChI is InChI=1S/C14H14N2O/c17-14(10-12-5-3-8-15-12)16-9-7-11-4-1-2-6-13(11)16/h1-6,8,15H,7,9-10H2. The van der Waals surface area contributed by atoms with Gasteiger partial charge in [-0.15, -0.1) is 0 Å². The van der Waals surface area contributed by atoms with Crippen LogP contribution in [0.1, 0.15) is 11.3 Å². The number of rotatable bonds is 2. The van der Waals surface area contributed by atoms with Crippen molar-refractivity contribution in [2.75, 3.05) is 11.4 Å². The van der Waals surface area contributed by atoms with E-state index in [2.05, 4.69) is 11.1 Å². The maximum Gasteiger partial charge on any atom is 0.232 e. The molecule has 0 atom stereocenters. The van der Waals surface area contributed by atoms with Crippen molar-refractivity contribution in [1.82, 2.24) is 4.98 Å². The summed E-state index contributed by atoms with van der Waals surface area (Å²) in [7, 11) is 0. The number of carbonyl (C=O) groups is 1. The molecule has 2 heterocycles. The Labute approximate surface area is 100 Å². The SMILES string of the molecule is O=C(Cc1ccc[nH]1)N1CCc2ccccc21. The molecule has 0 aliphatic carbocycles. The monoisotopic (exact) mass is 226 g/mol. The quantitative estimate of drug-likeness (QED) is 0.836. The van der Waals surface area contributed by atoms with Gasteiger partial charge < -0.3 is 9.88 Å². The number of para-hydroxylation sites is 1. The fraction of sp³-hybridized carbons (Fsp3) is 0.214. The number of benzene rings is 1. The molecule has 0 bridgehead atoms. The maximum atomic E-state index is 12.2. The van der Waals surface area contributed by atoms with Crippen LogP contribution in [0, 0.1) is 0 Å². The van der Waals surface area contributed by atoms with Crippen molar-refractivity contribution < 1.29 is 4.79 Å². The first-order valence-electron chi connectivity index (χ1n) is 5.85. The molecule has 17 heavy (non-hydrogen) atoms. The van der Waals surface area contributed by atoms with E-state index in [0.717, 1.165) is 24.3 Å². The van der Waals surface area contributed by atoms with Crippen molar-refractivity contribution >= 4 is 11.6 Å². The number of H-pyrrole nitrogens is 1. The molecule has 1 aromatic heterocycles. The molecule has 1 N–H and O–H groups in total. The Morgan fingerprint density at radius 2 is 2.12 bits per heavy atom. The third kappa shape index (κ3) is 1.84. The van der Waals surface area contributed by atoms with Gasteiger partial charge in [-0.3, -0.25) is 4.79 Å². The number of hydrogen-bond acceptors (Lipinski definition) is 1. The van der Waals surface area contributed by atoms with Crippen molar-refractivity contribution in [2.24, 2.45) is 0 Å². The van der Waals surface area contributed by atoms with Gasteiger partial charge in [0.2, 0.25) is 5.91 Å². The van der Waals surface area contributed by atoms with Crippen LogP contribution in [-0.4, -0.2) is 17.4 Å². The van der Waals surface area contributed by atoms with Crippen LogP contribution in [0.2, 0.25) is 0 Å². The van der Waals surface area contributed by atoms with Gasteiger partial charge >= 0.3 is 0 Å². The molecule has 3 heteroatoms. The van der Waals surface area contributed by atoms with E-state index in [1.807, 2.05) is 41.4 Å². The summed E-state index contributed by atoms with van der Waals surface area (Å²) < 4.78 is 0. The molecule has 86 valence electrons. The van der Waals surface area contributed by atoms with Gasteiger partial charge in [-0.2, -0.15) is 0 Å². The first-order valence-corrected chi connectivity index (χ1v) is 5.85. The van der Waals surface area contributed by atoms with Crippen molar-refractivity contribution in [3.8, 4) is 0 Å². The van der Waals surface area contributed by atoms with Gasteiger partial charge in [0, 0.05) is 24.1 Å². The molecule has 0 saturated heterocycles. The van der Waals surface area contributed by atoms with Gasteiger partial charge in [0.25, 0.3) is 0 Å². The van der Waals surface area contributed by atoms with Crippen molar-refractivity contribution in [3.05, 3.63) is 53.9 Å². The topological polar surface area (TPSA) is 36.1 Å². The molecule has 3 rings (SSSR count). The molecule has 3 nitrogen and oxygen atoms in total. The summed E-state index contributed by atoms with van der Waals surface area (Å²) in [5.41, 5.74) is 3.32. The number of amides is 1. The van der Waals surface area contributed by atoms with Crippen LogP contribution in [0.15, 0.2) is 42.6 Å². The van der Waals surface area contributed by atoms with E-state index in [1.54, 1.807) is 0 Å². The van der Waals surface area contributed by atoms with Gasteiger partial charge in [0.05, 0.1) is 6.42 Å². The molecule has 0 spiro atoms. The minimum absolute atomic E-state index is 0.164. The Hall–Kier alpha value is -2.03. The van der Waals surface area contributed by atoms with E-state index in [1.165, 1.54) is 5.56 Å². The van der Waals surface area contributed by atoms with Crippen LogP contribution in [0.25, 0.3) is 0 Å². The molecular formula is C14H14N2O. The summed E-state index contributed by atoms with van der Waals surface area (Å²) in [6.45, 7) is 0.804. The number of aromatic nitrogens is 1. The third-order valence-corrected chi connectivity index (χ3v) is 3.19. The zero-order valence-corrected chi connectivity index (χ0v) is 9.52. The summed E-state index contributed by atoms with van der Waals surface area (Å²) in [4.78, 5) is 17.1. The van der Waals surface area contributed by atoms with Gasteiger partial charge in [-0.05, 0) is 30.2 Å². The Balaban J connectivity index is 1.80. The normalized spacial score (nSPS) is 13.8. The first-order chi connectivity index (χ1) is 8.34. The Kier molecular flexibility index (Phi) is 2.44. The summed E-state index contributed by atoms with van der Waals surface area (Å²) in [5.74, 6) is 0.164. The highest BCUT2D eigenvalue weighted by Gasteiger charge is 2.23. The number of carbonyl (C=O) groups excluding carboxylic acids is 1. The minimum Gasteiger partial charge on any atom is -0.365 e. The predicted octanol–water partition coefficient (Wildman–Crippen LogP) is 2.15. The average molecular weight is 226 g/mol. The van der Waals surface area contributed by atoms with Crippen LogP contribution < -0.4 is 4.90 Å². The van der Waals surface area contributed by atoms with E-state index in [4.69, 9.17) is 0 Å². The molecule has 2 aromatic rings. The highest BCUT2D eigenvalue weighted by molar-refractivity contribution is 5.96. The minimum atomic E-state index is 0.164. The van der Waals surface area contributed by atoms with Crippen LogP contribution in [0.3, 0.4) is 0 Å². The number of hydrogen-bond donors (Lipinski definition) is 1. The molecule has 0 radical (unpaired) electrons. The Morgan fingerprint density at radius 1 is 1.24 bits per heavy atom. The summed E-state index contributed by atoms with van der Waals surface area (Å²) in [6, 6.07) is 12.0. The molecule has 1 amide bonds. The van der Waals surface area contributed by atoms with Gasteiger partial charge in [0.1, 0.15) is 0 Å². The fourth-order valence-corrected chi connectivity index (χ4v) is 2.33. The van der Waals surface area contributed by atoms with E-state index >= 15 is 0 Å². The molecule has 1 aromatic carbocycles. The number of nitrogens with one attached hydrogen (secondary N) is 1. The third-order valence-electron chi connectivity index (χ3n) is 3.19. The largest absolute Gasteiger partial charge is 0.365 e. The van der Waals surface area contributed by atoms with Crippen LogP contribution in [-0.2, 0) is 17.6 Å². The molecule has 0 saturated carbocycles. The molecule has 1 aliphatic rings. The van der Waals surface area contributed by atoms with E-state index < -0.39 is 0 Å². The van der Waals surface area contributed by atoms with Crippen molar-refractivity contribution in [3.63, 3.8) is 0 Å². The smallest absolute Gasteiger partial charge is 0.232 e. The zero-order valence-electron chi connectivity index (χ0n) is 9.52. The lowest BCUT2D eigenvalue weighted by Gasteiger charge is -2.16. The average Bonchev–Trinajstić information content (AvgIpc) is 2.96. The van der Waals surface area contributed by atoms with E-state index in [9.17, 15) is 4.79 Å². The number of fused-ring (bicyclic) bond motifs is 1. The van der Waals surface area contributed by atoms with Crippen LogP contribution >= 0.6 is 0 Å². The lowest BCUT2D eigenvalue weighted by atomic mass is 10.2. The van der Waals surface area contributed by atoms with Crippen LogP contribution in [0.4, 0.5) is 5.69 Å². The summed E-state index contributed by atoms with van der Waals surface area (Å²) in [5, 5.41) is 0. The Morgan fingerprint density at radius 3 is 2.94 bits per heavy atom. The molecular weight excluding hydrogens is 212 g/mol. The number of aromatic amines is 1. The van der Waals surface area contributed by atoms with Gasteiger partial charge in [-0.1, -0.05) is 18.2 Å². The summed E-state index contributed by atoms with van der Waals surface area (Å²) in [6.07, 6.45) is 3.26.